The summed E-state index contributed by atoms with van der Waals surface area (Å²) in [5, 5.41) is 3.00. The van der Waals surface area contributed by atoms with E-state index in [0.717, 1.165) is 30.4 Å². The van der Waals surface area contributed by atoms with Crippen LogP contribution in [0, 0.1) is 0 Å². The van der Waals surface area contributed by atoms with E-state index in [2.05, 4.69) is 31.3 Å². The maximum Gasteiger partial charge on any atom is 0.251 e. The molecule has 3 N–H and O–H groups in total. The van der Waals surface area contributed by atoms with E-state index in [1.165, 1.54) is 5.56 Å². The monoisotopic (exact) mass is 310 g/mol. The molecule has 2 aromatic rings. The SMILES string of the molecule is CCC(N)(CC)CNC(=O)c1ccccc1Cc1ccccc1. The Morgan fingerprint density at radius 1 is 1.00 bits per heavy atom. The van der Waals surface area contributed by atoms with E-state index < -0.39 is 0 Å². The number of carbonyl (C=O) groups is 1. The highest BCUT2D eigenvalue weighted by Gasteiger charge is 2.21. The van der Waals surface area contributed by atoms with Crippen molar-refractivity contribution in [2.75, 3.05) is 6.54 Å². The molecule has 0 heterocycles. The topological polar surface area (TPSA) is 55.1 Å². The molecule has 2 aromatic carbocycles. The highest BCUT2D eigenvalue weighted by atomic mass is 16.1. The Balaban J connectivity index is 2.12. The molecule has 0 saturated heterocycles. The van der Waals surface area contributed by atoms with E-state index in [1.807, 2.05) is 42.5 Å². The summed E-state index contributed by atoms with van der Waals surface area (Å²) < 4.78 is 0. The van der Waals surface area contributed by atoms with Crippen LogP contribution in [0.15, 0.2) is 54.6 Å². The highest BCUT2D eigenvalue weighted by molar-refractivity contribution is 5.95. The van der Waals surface area contributed by atoms with Gasteiger partial charge < -0.3 is 11.1 Å². The number of amides is 1. The predicted molar refractivity (Wildman–Crippen MR) is 95.5 cm³/mol. The van der Waals surface area contributed by atoms with Gasteiger partial charge >= 0.3 is 0 Å². The number of carbonyl (C=O) groups excluding carboxylic acids is 1. The van der Waals surface area contributed by atoms with E-state index in [-0.39, 0.29) is 11.4 Å². The quantitative estimate of drug-likeness (QED) is 0.822. The molecule has 3 nitrogen and oxygen atoms in total. The molecule has 1 amide bonds. The van der Waals surface area contributed by atoms with Crippen LogP contribution in [0.4, 0.5) is 0 Å². The highest BCUT2D eigenvalue weighted by Crippen LogP contribution is 2.15. The van der Waals surface area contributed by atoms with Gasteiger partial charge in [0.25, 0.3) is 5.91 Å². The van der Waals surface area contributed by atoms with Gasteiger partial charge in [0.05, 0.1) is 0 Å². The molecule has 122 valence electrons. The first kappa shape index (κ1) is 17.2. The fourth-order valence-corrected chi connectivity index (χ4v) is 2.56. The maximum atomic E-state index is 12.6. The molecule has 0 radical (unpaired) electrons. The minimum Gasteiger partial charge on any atom is -0.350 e. The minimum absolute atomic E-state index is 0.0479. The second-order valence-electron chi connectivity index (χ2n) is 6.07. The third kappa shape index (κ3) is 4.67. The number of benzene rings is 2. The van der Waals surface area contributed by atoms with Crippen molar-refractivity contribution in [3.8, 4) is 0 Å². The average molecular weight is 310 g/mol. The lowest BCUT2D eigenvalue weighted by molar-refractivity contribution is 0.0941. The van der Waals surface area contributed by atoms with Crippen LogP contribution in [0.5, 0.6) is 0 Å². The second kappa shape index (κ2) is 7.93. The standard InChI is InChI=1S/C20H26N2O/c1-3-20(21,4-2)15-22-19(23)18-13-9-8-12-17(18)14-16-10-6-5-7-11-16/h5-13H,3-4,14-15,21H2,1-2H3,(H,22,23). The van der Waals surface area contributed by atoms with E-state index >= 15 is 0 Å². The molecule has 0 saturated carbocycles. The maximum absolute atomic E-state index is 12.6. The van der Waals surface area contributed by atoms with Gasteiger partial charge in [0.15, 0.2) is 0 Å². The fraction of sp³-hybridized carbons (Fsp3) is 0.350. The van der Waals surface area contributed by atoms with Gasteiger partial charge in [-0.2, -0.15) is 0 Å². The lowest BCUT2D eigenvalue weighted by atomic mass is 9.94. The smallest absolute Gasteiger partial charge is 0.251 e. The summed E-state index contributed by atoms with van der Waals surface area (Å²) in [7, 11) is 0. The molecule has 0 atom stereocenters. The Labute approximate surface area is 138 Å². The van der Waals surface area contributed by atoms with Crippen LogP contribution in [-0.2, 0) is 6.42 Å². The zero-order valence-corrected chi connectivity index (χ0v) is 14.0. The van der Waals surface area contributed by atoms with Crippen LogP contribution in [0.2, 0.25) is 0 Å². The van der Waals surface area contributed by atoms with Gasteiger partial charge in [-0.15, -0.1) is 0 Å². The van der Waals surface area contributed by atoms with Crippen molar-refractivity contribution in [3.05, 3.63) is 71.3 Å². The summed E-state index contributed by atoms with van der Waals surface area (Å²) >= 11 is 0. The molecule has 2 rings (SSSR count). The molecule has 0 aliphatic carbocycles. The number of nitrogens with two attached hydrogens (primary N) is 1. The summed E-state index contributed by atoms with van der Waals surface area (Å²) in [4.78, 5) is 12.6. The molecule has 3 heteroatoms. The Kier molecular flexibility index (Phi) is 5.94. The van der Waals surface area contributed by atoms with Crippen molar-refractivity contribution >= 4 is 5.91 Å². The first-order valence-electron chi connectivity index (χ1n) is 8.27. The minimum atomic E-state index is -0.329. The molecular weight excluding hydrogens is 284 g/mol. The lowest BCUT2D eigenvalue weighted by Gasteiger charge is -2.27. The zero-order chi connectivity index (χ0) is 16.7. The van der Waals surface area contributed by atoms with Crippen LogP contribution in [0.25, 0.3) is 0 Å². The predicted octanol–water partition coefficient (Wildman–Crippen LogP) is 3.52. The van der Waals surface area contributed by atoms with Crippen molar-refractivity contribution in [1.29, 1.82) is 0 Å². The van der Waals surface area contributed by atoms with Crippen molar-refractivity contribution in [1.82, 2.24) is 5.32 Å². The number of hydrogen-bond donors (Lipinski definition) is 2. The Morgan fingerprint density at radius 3 is 2.26 bits per heavy atom. The van der Waals surface area contributed by atoms with E-state index in [1.54, 1.807) is 0 Å². The van der Waals surface area contributed by atoms with Gasteiger partial charge in [-0.1, -0.05) is 62.4 Å². The van der Waals surface area contributed by atoms with E-state index in [0.29, 0.717) is 6.54 Å². The summed E-state index contributed by atoms with van der Waals surface area (Å²) in [5.41, 5.74) is 8.90. The molecule has 0 fully saturated rings. The van der Waals surface area contributed by atoms with Crippen LogP contribution >= 0.6 is 0 Å². The molecule has 0 aliphatic heterocycles. The third-order valence-corrected chi connectivity index (χ3v) is 4.51. The van der Waals surface area contributed by atoms with Crippen LogP contribution in [-0.4, -0.2) is 18.0 Å². The molecule has 0 spiro atoms. The summed E-state index contributed by atoms with van der Waals surface area (Å²) in [6, 6.07) is 18.0. The van der Waals surface area contributed by atoms with Gasteiger partial charge in [0.1, 0.15) is 0 Å². The van der Waals surface area contributed by atoms with Crippen LogP contribution in [0.3, 0.4) is 0 Å². The van der Waals surface area contributed by atoms with Gasteiger partial charge in [0.2, 0.25) is 0 Å². The van der Waals surface area contributed by atoms with E-state index in [9.17, 15) is 4.79 Å². The van der Waals surface area contributed by atoms with E-state index in [4.69, 9.17) is 5.73 Å². The van der Waals surface area contributed by atoms with Crippen molar-refractivity contribution in [3.63, 3.8) is 0 Å². The van der Waals surface area contributed by atoms with Gasteiger partial charge in [0, 0.05) is 17.6 Å². The van der Waals surface area contributed by atoms with Gasteiger partial charge in [-0.3, -0.25) is 4.79 Å². The molecule has 23 heavy (non-hydrogen) atoms. The summed E-state index contributed by atoms with van der Waals surface area (Å²) in [6.45, 7) is 4.61. The Bertz CT molecular complexity index is 633. The Hall–Kier alpha value is -2.13. The number of rotatable bonds is 7. The number of nitrogens with one attached hydrogen (secondary N) is 1. The normalized spacial score (nSPS) is 11.3. The average Bonchev–Trinajstić information content (AvgIpc) is 2.61. The number of hydrogen-bond acceptors (Lipinski definition) is 2. The third-order valence-electron chi connectivity index (χ3n) is 4.51. The van der Waals surface area contributed by atoms with Gasteiger partial charge in [-0.25, -0.2) is 0 Å². The lowest BCUT2D eigenvalue weighted by Crippen LogP contribution is -2.49. The summed E-state index contributed by atoms with van der Waals surface area (Å²) in [6.07, 6.45) is 2.44. The largest absolute Gasteiger partial charge is 0.350 e. The summed E-state index contributed by atoms with van der Waals surface area (Å²) in [5.74, 6) is -0.0479. The zero-order valence-electron chi connectivity index (χ0n) is 14.0. The first-order chi connectivity index (χ1) is 11.1. The first-order valence-corrected chi connectivity index (χ1v) is 8.27. The fourth-order valence-electron chi connectivity index (χ4n) is 2.56. The van der Waals surface area contributed by atoms with Crippen molar-refractivity contribution in [2.24, 2.45) is 5.73 Å². The Morgan fingerprint density at radius 2 is 1.61 bits per heavy atom. The van der Waals surface area contributed by atoms with Crippen LogP contribution in [0.1, 0.15) is 48.2 Å². The van der Waals surface area contributed by atoms with Crippen molar-refractivity contribution in [2.45, 2.75) is 38.6 Å². The molecule has 0 bridgehead atoms. The molecule has 0 aromatic heterocycles. The molecular formula is C20H26N2O. The molecule has 0 unspecified atom stereocenters. The van der Waals surface area contributed by atoms with Crippen LogP contribution < -0.4 is 11.1 Å². The molecule has 0 aliphatic rings. The van der Waals surface area contributed by atoms with Gasteiger partial charge in [-0.05, 0) is 36.5 Å². The second-order valence-corrected chi connectivity index (χ2v) is 6.07. The van der Waals surface area contributed by atoms with Crippen molar-refractivity contribution < 1.29 is 4.79 Å².